The van der Waals surface area contributed by atoms with Crippen molar-refractivity contribution in [2.24, 2.45) is 5.92 Å². The molecule has 1 aliphatic carbocycles. The second-order valence-electron chi connectivity index (χ2n) is 9.92. The molecule has 3 fully saturated rings. The van der Waals surface area contributed by atoms with Gasteiger partial charge < -0.3 is 20.1 Å². The lowest BCUT2D eigenvalue weighted by atomic mass is 10.0. The van der Waals surface area contributed by atoms with E-state index in [1.807, 2.05) is 0 Å². The standard InChI is InChI=1S/C19H23N3OS.3C2HF3O2/c1-12-3-2-4-15(20-12)9-22-8-14-7-17(23-18(14)10-22)19-21-16(11-24-19)13-5-6-13;3*3-2(4,5)1(6)7/h2-4,11,13-14,17-18H,5-10H2,1H3;3*(H,6,7)/t14-,17-,18+;;;/m0.../s1. The molecule has 4 heterocycles. The highest BCUT2D eigenvalue weighted by molar-refractivity contribution is 7.09. The van der Waals surface area contributed by atoms with Crippen molar-refractivity contribution in [1.82, 2.24) is 14.9 Å². The van der Waals surface area contributed by atoms with Crippen LogP contribution in [-0.4, -0.2) is 85.8 Å². The summed E-state index contributed by atoms with van der Waals surface area (Å²) in [5, 5.41) is 24.8. The fourth-order valence-electron chi connectivity index (χ4n) is 4.07. The monoisotopic (exact) mass is 683 g/mol. The second-order valence-corrected chi connectivity index (χ2v) is 10.8. The van der Waals surface area contributed by atoms with Crippen LogP contribution in [0.2, 0.25) is 0 Å². The van der Waals surface area contributed by atoms with Gasteiger partial charge in [0.2, 0.25) is 0 Å². The maximum atomic E-state index is 10.6. The number of carbonyl (C=O) groups is 3. The van der Waals surface area contributed by atoms with Crippen LogP contribution in [0.25, 0.3) is 0 Å². The number of thiazole rings is 1. The van der Waals surface area contributed by atoms with E-state index in [2.05, 4.69) is 40.4 Å². The lowest BCUT2D eigenvalue weighted by Gasteiger charge is -2.18. The van der Waals surface area contributed by atoms with Gasteiger partial charge in [0.05, 0.1) is 17.5 Å². The van der Waals surface area contributed by atoms with Gasteiger partial charge in [-0.15, -0.1) is 11.3 Å². The maximum absolute atomic E-state index is 10.6. The summed E-state index contributed by atoms with van der Waals surface area (Å²) in [5.74, 6) is -6.88. The van der Waals surface area contributed by atoms with E-state index in [1.165, 1.54) is 29.2 Å². The fraction of sp³-hybridized carbons (Fsp3) is 0.560. The Hall–Kier alpha value is -3.52. The predicted octanol–water partition coefficient (Wildman–Crippen LogP) is 5.59. The molecule has 0 spiro atoms. The van der Waals surface area contributed by atoms with Crippen molar-refractivity contribution in [2.45, 2.75) is 69.4 Å². The van der Waals surface area contributed by atoms with Gasteiger partial charge in [-0.1, -0.05) is 6.07 Å². The summed E-state index contributed by atoms with van der Waals surface area (Å²) in [5.41, 5.74) is 3.57. The zero-order valence-electron chi connectivity index (χ0n) is 23.0. The van der Waals surface area contributed by atoms with E-state index >= 15 is 0 Å². The highest BCUT2D eigenvalue weighted by Gasteiger charge is 2.44. The number of fused-ring (bicyclic) bond motifs is 1. The molecule has 1 saturated carbocycles. The molecule has 3 N–H and O–H groups in total. The number of aliphatic carboxylic acids is 3. The number of hydrogen-bond acceptors (Lipinski definition) is 8. The number of alkyl halides is 9. The van der Waals surface area contributed by atoms with Gasteiger partial charge in [-0.25, -0.2) is 19.4 Å². The molecule has 20 heteroatoms. The summed E-state index contributed by atoms with van der Waals surface area (Å²) in [4.78, 5) is 38.7. The van der Waals surface area contributed by atoms with Crippen molar-refractivity contribution in [3.8, 4) is 0 Å². The zero-order valence-corrected chi connectivity index (χ0v) is 23.8. The molecule has 252 valence electrons. The predicted molar refractivity (Wildman–Crippen MR) is 135 cm³/mol. The van der Waals surface area contributed by atoms with E-state index in [0.29, 0.717) is 12.0 Å². The normalized spacial score (nSPS) is 21.2. The maximum Gasteiger partial charge on any atom is 0.490 e. The molecule has 2 aliphatic heterocycles. The number of aromatic nitrogens is 2. The van der Waals surface area contributed by atoms with Gasteiger partial charge >= 0.3 is 36.4 Å². The summed E-state index contributed by atoms with van der Waals surface area (Å²) in [6.07, 6.45) is -10.9. The molecule has 0 radical (unpaired) electrons. The Labute approximate surface area is 252 Å². The summed E-state index contributed by atoms with van der Waals surface area (Å²) in [6.45, 7) is 5.14. The molecule has 0 amide bonds. The van der Waals surface area contributed by atoms with Crippen molar-refractivity contribution in [3.05, 3.63) is 45.7 Å². The molecule has 0 bridgehead atoms. The van der Waals surface area contributed by atoms with Gasteiger partial charge in [0.15, 0.2) is 0 Å². The lowest BCUT2D eigenvalue weighted by molar-refractivity contribution is -0.193. The molecule has 45 heavy (non-hydrogen) atoms. The van der Waals surface area contributed by atoms with Crippen molar-refractivity contribution in [2.75, 3.05) is 13.1 Å². The highest BCUT2D eigenvalue weighted by atomic mass is 32.1. The molecular weight excluding hydrogens is 657 g/mol. The number of halogens is 9. The molecule has 3 aliphatic rings. The third-order valence-electron chi connectivity index (χ3n) is 6.18. The second kappa shape index (κ2) is 15.2. The summed E-state index contributed by atoms with van der Waals surface area (Å²) in [6, 6.07) is 6.28. The Balaban J connectivity index is 0.000000277. The average Bonchev–Trinajstić information content (AvgIpc) is 3.30. The number of pyridine rings is 1. The Morgan fingerprint density at radius 3 is 1.82 bits per heavy atom. The minimum Gasteiger partial charge on any atom is -0.475 e. The minimum absolute atomic E-state index is 0.233. The highest BCUT2D eigenvalue weighted by Crippen LogP contribution is 2.45. The summed E-state index contributed by atoms with van der Waals surface area (Å²) >= 11 is 1.80. The van der Waals surface area contributed by atoms with E-state index < -0.39 is 36.4 Å². The molecule has 0 unspecified atom stereocenters. The van der Waals surface area contributed by atoms with Crippen LogP contribution >= 0.6 is 11.3 Å². The van der Waals surface area contributed by atoms with E-state index in [0.717, 1.165) is 37.7 Å². The van der Waals surface area contributed by atoms with Crippen LogP contribution in [0.1, 0.15) is 53.4 Å². The Kier molecular flexibility index (Phi) is 12.7. The molecule has 2 aromatic heterocycles. The van der Waals surface area contributed by atoms with Crippen molar-refractivity contribution in [1.29, 1.82) is 0 Å². The third kappa shape index (κ3) is 12.8. The molecule has 2 aromatic rings. The number of hydrogen-bond donors (Lipinski definition) is 3. The number of carboxylic acid groups (broad SMARTS) is 3. The average molecular weight is 684 g/mol. The number of ether oxygens (including phenoxy) is 1. The van der Waals surface area contributed by atoms with Gasteiger partial charge in [-0.05, 0) is 38.3 Å². The fourth-order valence-corrected chi connectivity index (χ4v) is 5.02. The van der Waals surface area contributed by atoms with Crippen molar-refractivity contribution in [3.63, 3.8) is 0 Å². The van der Waals surface area contributed by atoms with Gasteiger partial charge in [0.25, 0.3) is 0 Å². The lowest BCUT2D eigenvalue weighted by Crippen LogP contribution is -2.24. The van der Waals surface area contributed by atoms with Gasteiger partial charge in [-0.3, -0.25) is 9.88 Å². The first kappa shape index (κ1) is 37.7. The third-order valence-corrected chi connectivity index (χ3v) is 7.14. The Morgan fingerprint density at radius 1 is 0.889 bits per heavy atom. The largest absolute Gasteiger partial charge is 0.490 e. The van der Waals surface area contributed by atoms with Crippen LogP contribution in [0.4, 0.5) is 39.5 Å². The Morgan fingerprint density at radius 2 is 1.40 bits per heavy atom. The number of rotatable bonds is 4. The van der Waals surface area contributed by atoms with Gasteiger partial charge in [-0.2, -0.15) is 39.5 Å². The number of carboxylic acids is 3. The van der Waals surface area contributed by atoms with Crippen LogP contribution in [0.15, 0.2) is 23.6 Å². The minimum atomic E-state index is -5.08. The van der Waals surface area contributed by atoms with Crippen LogP contribution in [0.5, 0.6) is 0 Å². The molecular formula is C25H26F9N3O7S. The van der Waals surface area contributed by atoms with Gasteiger partial charge in [0, 0.05) is 42.5 Å². The van der Waals surface area contributed by atoms with E-state index in [4.69, 9.17) is 39.4 Å². The smallest absolute Gasteiger partial charge is 0.475 e. The zero-order chi connectivity index (χ0) is 34.3. The van der Waals surface area contributed by atoms with Crippen LogP contribution < -0.4 is 0 Å². The molecule has 2 saturated heterocycles. The molecule has 3 atom stereocenters. The first-order chi connectivity index (χ1) is 20.6. The van der Waals surface area contributed by atoms with E-state index in [9.17, 15) is 39.5 Å². The Bertz CT molecular complexity index is 1240. The van der Waals surface area contributed by atoms with Crippen LogP contribution in [-0.2, 0) is 25.7 Å². The SMILES string of the molecule is Cc1cccc(CN2C[C@@H]3C[C@@H](c4nc(C5CC5)cs4)O[C@@H]3C2)n1.O=C(O)C(F)(F)F.O=C(O)C(F)(F)F.O=C(O)C(F)(F)F. The van der Waals surface area contributed by atoms with E-state index in [1.54, 1.807) is 11.3 Å². The molecule has 0 aromatic carbocycles. The van der Waals surface area contributed by atoms with Crippen molar-refractivity contribution >= 4 is 29.2 Å². The first-order valence-corrected chi connectivity index (χ1v) is 13.6. The molecule has 10 nitrogen and oxygen atoms in total. The van der Waals surface area contributed by atoms with Crippen molar-refractivity contribution < 1.29 is 74.0 Å². The number of likely N-dealkylation sites (tertiary alicyclic amines) is 1. The number of nitrogens with zero attached hydrogens (tertiary/aromatic N) is 3. The van der Waals surface area contributed by atoms with Gasteiger partial charge in [0.1, 0.15) is 11.1 Å². The van der Waals surface area contributed by atoms with Crippen LogP contribution in [0.3, 0.4) is 0 Å². The molecule has 5 rings (SSSR count). The summed E-state index contributed by atoms with van der Waals surface area (Å²) < 4.78 is 102. The van der Waals surface area contributed by atoms with E-state index in [-0.39, 0.29) is 6.10 Å². The van der Waals surface area contributed by atoms with Crippen LogP contribution in [0, 0.1) is 12.8 Å². The topological polar surface area (TPSA) is 150 Å². The quantitative estimate of drug-likeness (QED) is 0.349. The summed E-state index contributed by atoms with van der Waals surface area (Å²) in [7, 11) is 0. The number of aryl methyl sites for hydroxylation is 1. The first-order valence-electron chi connectivity index (χ1n) is 12.7.